The molecule has 1 saturated heterocycles. The van der Waals surface area contributed by atoms with Crippen LogP contribution in [0.5, 0.6) is 5.75 Å². The van der Waals surface area contributed by atoms with Gasteiger partial charge in [-0.2, -0.15) is 0 Å². The van der Waals surface area contributed by atoms with Crippen molar-refractivity contribution in [2.75, 3.05) is 20.3 Å². The Kier molecular flexibility index (Phi) is 5.46. The van der Waals surface area contributed by atoms with Crippen molar-refractivity contribution < 1.29 is 9.84 Å². The smallest absolute Gasteiger partial charge is 0.134 e. The zero-order valence-corrected chi connectivity index (χ0v) is 12.4. The van der Waals surface area contributed by atoms with Gasteiger partial charge < -0.3 is 9.84 Å². The van der Waals surface area contributed by atoms with Crippen LogP contribution < -0.4 is 4.74 Å². The van der Waals surface area contributed by atoms with E-state index in [0.717, 1.165) is 17.9 Å². The third kappa shape index (κ3) is 3.53. The highest BCUT2D eigenvalue weighted by atomic mass is 16.5. The lowest BCUT2D eigenvalue weighted by Crippen LogP contribution is -2.28. The Hall–Kier alpha value is -1.50. The quantitative estimate of drug-likeness (QED) is 0.855. The third-order valence-electron chi connectivity index (χ3n) is 3.92. The van der Waals surface area contributed by atoms with E-state index in [1.165, 1.54) is 31.4 Å². The summed E-state index contributed by atoms with van der Waals surface area (Å²) >= 11 is 0. The van der Waals surface area contributed by atoms with Crippen LogP contribution >= 0.6 is 0 Å². The van der Waals surface area contributed by atoms with Gasteiger partial charge in [0.15, 0.2) is 0 Å². The van der Waals surface area contributed by atoms with Crippen molar-refractivity contribution in [1.82, 2.24) is 4.90 Å². The fraction of sp³-hybridized carbons (Fsp3) is 0.529. The van der Waals surface area contributed by atoms with Crippen LogP contribution in [0.1, 0.15) is 37.3 Å². The molecule has 0 aliphatic carbocycles. The van der Waals surface area contributed by atoms with Crippen molar-refractivity contribution in [1.29, 1.82) is 0 Å². The van der Waals surface area contributed by atoms with E-state index in [1.807, 2.05) is 6.07 Å². The van der Waals surface area contributed by atoms with Crippen molar-refractivity contribution in [3.8, 4) is 17.6 Å². The Labute approximate surface area is 121 Å². The van der Waals surface area contributed by atoms with Gasteiger partial charge in [-0.3, -0.25) is 4.90 Å². The van der Waals surface area contributed by atoms with Crippen molar-refractivity contribution >= 4 is 0 Å². The van der Waals surface area contributed by atoms with Gasteiger partial charge in [-0.25, -0.2) is 0 Å². The molecule has 1 heterocycles. The average Bonchev–Trinajstić information content (AvgIpc) is 2.92. The molecule has 3 heteroatoms. The summed E-state index contributed by atoms with van der Waals surface area (Å²) < 4.78 is 5.31. The normalized spacial score (nSPS) is 18.6. The van der Waals surface area contributed by atoms with Gasteiger partial charge in [0.25, 0.3) is 0 Å². The molecule has 108 valence electrons. The van der Waals surface area contributed by atoms with Crippen LogP contribution in [0.2, 0.25) is 0 Å². The predicted octanol–water partition coefficient (Wildman–Crippen LogP) is 2.41. The maximum absolute atomic E-state index is 8.83. The first-order valence-electron chi connectivity index (χ1n) is 7.29. The number of nitrogens with zero attached hydrogens (tertiary/aromatic N) is 1. The van der Waals surface area contributed by atoms with Crippen molar-refractivity contribution in [3.63, 3.8) is 0 Å². The van der Waals surface area contributed by atoms with E-state index in [1.54, 1.807) is 7.11 Å². The summed E-state index contributed by atoms with van der Waals surface area (Å²) in [5.74, 6) is 6.42. The molecule has 1 unspecified atom stereocenters. The zero-order chi connectivity index (χ0) is 14.4. The minimum absolute atomic E-state index is 0.128. The number of hydrogen-bond acceptors (Lipinski definition) is 3. The summed E-state index contributed by atoms with van der Waals surface area (Å²) in [5.41, 5.74) is 2.11. The fourth-order valence-electron chi connectivity index (χ4n) is 2.89. The minimum atomic E-state index is -0.128. The van der Waals surface area contributed by atoms with Crippen LogP contribution in [-0.2, 0) is 6.54 Å². The highest BCUT2D eigenvalue weighted by molar-refractivity contribution is 5.48. The Morgan fingerprint density at radius 1 is 1.45 bits per heavy atom. The van der Waals surface area contributed by atoms with Crippen molar-refractivity contribution in [3.05, 3.63) is 29.3 Å². The lowest BCUT2D eigenvalue weighted by atomic mass is 10.1. The molecule has 1 aromatic rings. The number of likely N-dealkylation sites (tertiary alicyclic amines) is 1. The second kappa shape index (κ2) is 7.33. The van der Waals surface area contributed by atoms with Crippen LogP contribution in [0.4, 0.5) is 0 Å². The van der Waals surface area contributed by atoms with Crippen LogP contribution in [0.15, 0.2) is 18.2 Å². The molecule has 1 aromatic carbocycles. The number of benzene rings is 1. The molecule has 0 amide bonds. The molecule has 0 radical (unpaired) electrons. The number of hydrogen-bond donors (Lipinski definition) is 1. The number of methoxy groups -OCH3 is 1. The van der Waals surface area contributed by atoms with E-state index in [9.17, 15) is 0 Å². The van der Waals surface area contributed by atoms with Crippen LogP contribution in [0, 0.1) is 11.8 Å². The van der Waals surface area contributed by atoms with Crippen molar-refractivity contribution in [2.45, 2.75) is 38.8 Å². The summed E-state index contributed by atoms with van der Waals surface area (Å²) in [7, 11) is 1.65. The largest absolute Gasteiger partial charge is 0.495 e. The maximum Gasteiger partial charge on any atom is 0.134 e. The molecule has 20 heavy (non-hydrogen) atoms. The van der Waals surface area contributed by atoms with E-state index in [2.05, 4.69) is 35.8 Å². The van der Waals surface area contributed by atoms with Gasteiger partial charge in [0.2, 0.25) is 0 Å². The molecule has 1 atom stereocenters. The average molecular weight is 273 g/mol. The summed E-state index contributed by atoms with van der Waals surface area (Å²) in [6, 6.07) is 6.86. The maximum atomic E-state index is 8.83. The van der Waals surface area contributed by atoms with Crippen LogP contribution in [0.25, 0.3) is 0 Å². The van der Waals surface area contributed by atoms with E-state index >= 15 is 0 Å². The zero-order valence-electron chi connectivity index (χ0n) is 12.4. The summed E-state index contributed by atoms with van der Waals surface area (Å²) in [6.45, 7) is 4.28. The molecule has 0 aromatic heterocycles. The molecule has 0 spiro atoms. The van der Waals surface area contributed by atoms with Crippen LogP contribution in [0.3, 0.4) is 0 Å². The molecule has 1 N–H and O–H groups in total. The summed E-state index contributed by atoms with van der Waals surface area (Å²) in [6.07, 6.45) is 3.82. The number of aliphatic hydroxyl groups excluding tert-OH is 1. The number of rotatable bonds is 4. The second-order valence-corrected chi connectivity index (χ2v) is 5.17. The summed E-state index contributed by atoms with van der Waals surface area (Å²) in [5, 5.41) is 8.83. The third-order valence-corrected chi connectivity index (χ3v) is 3.92. The lowest BCUT2D eigenvalue weighted by Gasteiger charge is -2.23. The lowest BCUT2D eigenvalue weighted by molar-refractivity contribution is 0.240. The number of ether oxygens (including phenoxy) is 1. The monoisotopic (exact) mass is 273 g/mol. The molecule has 1 fully saturated rings. The molecule has 3 nitrogen and oxygen atoms in total. The summed E-state index contributed by atoms with van der Waals surface area (Å²) in [4.78, 5) is 2.55. The van der Waals surface area contributed by atoms with Gasteiger partial charge in [0.05, 0.1) is 12.7 Å². The topological polar surface area (TPSA) is 32.7 Å². The highest BCUT2D eigenvalue weighted by Gasteiger charge is 2.22. The van der Waals surface area contributed by atoms with Gasteiger partial charge in [-0.15, -0.1) is 0 Å². The SMILES string of the molecule is CCC1CCCN1Cc1ccc(OC)c(C#CCO)c1. The molecular weight excluding hydrogens is 250 g/mol. The fourth-order valence-corrected chi connectivity index (χ4v) is 2.89. The Morgan fingerprint density at radius 2 is 2.30 bits per heavy atom. The van der Waals surface area contributed by atoms with E-state index < -0.39 is 0 Å². The molecule has 2 rings (SSSR count). The molecule has 0 bridgehead atoms. The van der Waals surface area contributed by atoms with Crippen LogP contribution in [-0.4, -0.2) is 36.3 Å². The Bertz CT molecular complexity index is 501. The minimum Gasteiger partial charge on any atom is -0.495 e. The first-order valence-corrected chi connectivity index (χ1v) is 7.29. The molecule has 1 aliphatic heterocycles. The van der Waals surface area contributed by atoms with E-state index in [-0.39, 0.29) is 6.61 Å². The molecular formula is C17H23NO2. The van der Waals surface area contributed by atoms with E-state index in [4.69, 9.17) is 9.84 Å². The second-order valence-electron chi connectivity index (χ2n) is 5.17. The van der Waals surface area contributed by atoms with Gasteiger partial charge >= 0.3 is 0 Å². The van der Waals surface area contributed by atoms with Gasteiger partial charge in [-0.1, -0.05) is 24.8 Å². The Balaban J connectivity index is 2.16. The van der Waals surface area contributed by atoms with Crippen molar-refractivity contribution in [2.24, 2.45) is 0 Å². The van der Waals surface area contributed by atoms with E-state index in [0.29, 0.717) is 6.04 Å². The standard InChI is InChI=1S/C17H23NO2/c1-3-16-7-4-10-18(16)13-14-8-9-17(20-2)15(12-14)6-5-11-19/h8-9,12,16,19H,3-4,7,10-11,13H2,1-2H3. The van der Waals surface area contributed by atoms with Gasteiger partial charge in [0.1, 0.15) is 12.4 Å². The molecule has 1 aliphatic rings. The first kappa shape index (κ1) is 14.9. The predicted molar refractivity (Wildman–Crippen MR) is 80.7 cm³/mol. The molecule has 0 saturated carbocycles. The van der Waals surface area contributed by atoms with Gasteiger partial charge in [-0.05, 0) is 43.5 Å². The Morgan fingerprint density at radius 3 is 3.00 bits per heavy atom. The number of aliphatic hydroxyl groups is 1. The first-order chi connectivity index (χ1) is 9.78. The van der Waals surface area contributed by atoms with Gasteiger partial charge in [0, 0.05) is 12.6 Å². The highest BCUT2D eigenvalue weighted by Crippen LogP contribution is 2.24.